The van der Waals surface area contributed by atoms with Crippen molar-refractivity contribution >= 4 is 27.9 Å². The SMILES string of the molecule is CN(C)S(=O)(=O)N[C@@H](C(=O)N1CCC[C@H]1C(=O)NCc1ccc(C(=N)N)cc1)C(c1ccccc1)c1ccccc1. The Hall–Kier alpha value is -4.06. The molecule has 10 nitrogen and oxygen atoms in total. The molecule has 4 rings (SSSR count). The van der Waals surface area contributed by atoms with Gasteiger partial charge in [0, 0.05) is 38.7 Å². The zero-order valence-corrected chi connectivity index (χ0v) is 24.0. The molecule has 1 fully saturated rings. The van der Waals surface area contributed by atoms with E-state index < -0.39 is 34.1 Å². The van der Waals surface area contributed by atoms with Gasteiger partial charge in [-0.25, -0.2) is 0 Å². The summed E-state index contributed by atoms with van der Waals surface area (Å²) in [5.41, 5.74) is 8.47. The van der Waals surface area contributed by atoms with Crippen LogP contribution in [-0.2, 0) is 26.3 Å². The number of hydrogen-bond acceptors (Lipinski definition) is 5. The number of hydrogen-bond donors (Lipinski definition) is 4. The lowest BCUT2D eigenvalue weighted by molar-refractivity contribution is -0.140. The Balaban J connectivity index is 1.63. The fraction of sp³-hybridized carbons (Fsp3) is 0.300. The first kappa shape index (κ1) is 29.9. The molecular formula is C30H36N6O4S. The number of likely N-dealkylation sites (tertiary alicyclic amines) is 1. The monoisotopic (exact) mass is 576 g/mol. The summed E-state index contributed by atoms with van der Waals surface area (Å²) in [6.45, 7) is 0.573. The lowest BCUT2D eigenvalue weighted by Crippen LogP contribution is -2.56. The van der Waals surface area contributed by atoms with E-state index in [2.05, 4.69) is 10.0 Å². The normalized spacial score (nSPS) is 16.1. The fourth-order valence-electron chi connectivity index (χ4n) is 5.02. The van der Waals surface area contributed by atoms with Crippen molar-refractivity contribution < 1.29 is 18.0 Å². The molecule has 2 amide bonds. The number of nitrogens with one attached hydrogen (secondary N) is 3. The van der Waals surface area contributed by atoms with Crippen LogP contribution >= 0.6 is 0 Å². The number of carbonyl (C=O) groups excluding carboxylic acids is 2. The van der Waals surface area contributed by atoms with Crippen molar-refractivity contribution in [2.45, 2.75) is 37.4 Å². The van der Waals surface area contributed by atoms with Crippen LogP contribution in [0.2, 0.25) is 0 Å². The lowest BCUT2D eigenvalue weighted by Gasteiger charge is -2.34. The summed E-state index contributed by atoms with van der Waals surface area (Å²) < 4.78 is 29.9. The molecule has 1 aliphatic heterocycles. The molecule has 11 heteroatoms. The van der Waals surface area contributed by atoms with E-state index >= 15 is 0 Å². The van der Waals surface area contributed by atoms with E-state index in [-0.39, 0.29) is 18.3 Å². The number of amides is 2. The van der Waals surface area contributed by atoms with Gasteiger partial charge in [0.25, 0.3) is 10.2 Å². The first-order valence-corrected chi connectivity index (χ1v) is 14.8. The van der Waals surface area contributed by atoms with Gasteiger partial charge in [-0.2, -0.15) is 17.4 Å². The average molecular weight is 577 g/mol. The highest BCUT2D eigenvalue weighted by molar-refractivity contribution is 7.87. The van der Waals surface area contributed by atoms with Crippen LogP contribution in [0.5, 0.6) is 0 Å². The standard InChI is InChI=1S/C30H36N6O4S/c1-35(2)41(39,40)34-27(26(22-10-5-3-6-11-22)23-12-7-4-8-13-23)30(38)36-19-9-14-25(36)29(37)33-20-21-15-17-24(18-16-21)28(31)32/h3-8,10-13,15-18,25-27,34H,9,14,19-20H2,1-2H3,(H3,31,32)(H,33,37)/t25-,27+/m0/s1. The Kier molecular flexibility index (Phi) is 9.53. The van der Waals surface area contributed by atoms with E-state index in [9.17, 15) is 18.0 Å². The predicted octanol–water partition coefficient (Wildman–Crippen LogP) is 2.17. The third-order valence-corrected chi connectivity index (χ3v) is 8.76. The highest BCUT2D eigenvalue weighted by Crippen LogP contribution is 2.31. The first-order chi connectivity index (χ1) is 19.6. The smallest absolute Gasteiger partial charge is 0.279 e. The number of nitrogen functional groups attached to an aromatic ring is 1. The van der Waals surface area contributed by atoms with E-state index in [1.807, 2.05) is 60.7 Å². The summed E-state index contributed by atoms with van der Waals surface area (Å²) in [6, 6.07) is 23.7. The van der Waals surface area contributed by atoms with Crippen molar-refractivity contribution in [3.63, 3.8) is 0 Å². The zero-order chi connectivity index (χ0) is 29.6. The third kappa shape index (κ3) is 7.18. The van der Waals surface area contributed by atoms with E-state index in [0.717, 1.165) is 21.0 Å². The molecule has 0 saturated carbocycles. The van der Waals surface area contributed by atoms with Crippen LogP contribution in [0.25, 0.3) is 0 Å². The zero-order valence-electron chi connectivity index (χ0n) is 23.2. The Morgan fingerprint density at radius 2 is 1.54 bits per heavy atom. The maximum atomic E-state index is 14.3. The number of amidine groups is 1. The predicted molar refractivity (Wildman–Crippen MR) is 158 cm³/mol. The average Bonchev–Trinajstić information content (AvgIpc) is 3.47. The quantitative estimate of drug-likeness (QED) is 0.204. The maximum absolute atomic E-state index is 14.3. The molecule has 0 unspecified atom stereocenters. The van der Waals surface area contributed by atoms with Crippen molar-refractivity contribution in [2.75, 3.05) is 20.6 Å². The van der Waals surface area contributed by atoms with Crippen molar-refractivity contribution in [1.29, 1.82) is 5.41 Å². The fourth-order valence-corrected chi connectivity index (χ4v) is 5.78. The van der Waals surface area contributed by atoms with Crippen molar-refractivity contribution in [3.05, 3.63) is 107 Å². The van der Waals surface area contributed by atoms with Gasteiger partial charge in [0.2, 0.25) is 11.8 Å². The second-order valence-electron chi connectivity index (χ2n) is 10.2. The second-order valence-corrected chi connectivity index (χ2v) is 12.1. The van der Waals surface area contributed by atoms with Crippen LogP contribution in [0.15, 0.2) is 84.9 Å². The topological polar surface area (TPSA) is 149 Å². The summed E-state index contributed by atoms with van der Waals surface area (Å²) in [7, 11) is -1.21. The van der Waals surface area contributed by atoms with Crippen LogP contribution in [-0.4, -0.2) is 68.0 Å². The van der Waals surface area contributed by atoms with E-state index in [1.54, 1.807) is 24.3 Å². The minimum Gasteiger partial charge on any atom is -0.384 e. The molecule has 41 heavy (non-hydrogen) atoms. The molecular weight excluding hydrogens is 540 g/mol. The van der Waals surface area contributed by atoms with Gasteiger partial charge in [-0.1, -0.05) is 84.9 Å². The molecule has 2 atom stereocenters. The molecule has 1 saturated heterocycles. The summed E-state index contributed by atoms with van der Waals surface area (Å²) in [5.74, 6) is -1.44. The van der Waals surface area contributed by atoms with Crippen LogP contribution in [0.1, 0.15) is 41.0 Å². The van der Waals surface area contributed by atoms with Crippen LogP contribution in [0.4, 0.5) is 0 Å². The van der Waals surface area contributed by atoms with Gasteiger partial charge in [-0.15, -0.1) is 0 Å². The molecule has 0 radical (unpaired) electrons. The number of carbonyl (C=O) groups is 2. The number of nitrogens with zero attached hydrogens (tertiary/aromatic N) is 2. The number of rotatable bonds is 11. The number of benzene rings is 3. The molecule has 1 aliphatic rings. The summed E-state index contributed by atoms with van der Waals surface area (Å²) in [6.07, 6.45) is 1.08. The van der Waals surface area contributed by atoms with Crippen molar-refractivity contribution in [3.8, 4) is 0 Å². The molecule has 216 valence electrons. The summed E-state index contributed by atoms with van der Waals surface area (Å²) in [4.78, 5) is 29.1. The Bertz CT molecular complexity index is 1420. The first-order valence-electron chi connectivity index (χ1n) is 13.4. The molecule has 3 aromatic rings. The third-order valence-electron chi connectivity index (χ3n) is 7.24. The second kappa shape index (κ2) is 13.1. The minimum absolute atomic E-state index is 0.0375. The Labute approximate surface area is 241 Å². The van der Waals surface area contributed by atoms with E-state index in [0.29, 0.717) is 24.9 Å². The van der Waals surface area contributed by atoms with Gasteiger partial charge in [0.1, 0.15) is 17.9 Å². The highest BCUT2D eigenvalue weighted by atomic mass is 32.2. The maximum Gasteiger partial charge on any atom is 0.279 e. The number of nitrogens with two attached hydrogens (primary N) is 1. The van der Waals surface area contributed by atoms with Crippen LogP contribution < -0.4 is 15.8 Å². The van der Waals surface area contributed by atoms with Gasteiger partial charge >= 0.3 is 0 Å². The highest BCUT2D eigenvalue weighted by Gasteiger charge is 2.42. The molecule has 3 aromatic carbocycles. The van der Waals surface area contributed by atoms with Gasteiger partial charge in [0.15, 0.2) is 0 Å². The van der Waals surface area contributed by atoms with E-state index in [1.165, 1.54) is 19.0 Å². The molecule has 0 spiro atoms. The van der Waals surface area contributed by atoms with Crippen molar-refractivity contribution in [2.24, 2.45) is 5.73 Å². The van der Waals surface area contributed by atoms with Crippen molar-refractivity contribution in [1.82, 2.24) is 19.2 Å². The van der Waals surface area contributed by atoms with Gasteiger partial charge in [-0.05, 0) is 29.5 Å². The largest absolute Gasteiger partial charge is 0.384 e. The summed E-state index contributed by atoms with van der Waals surface area (Å²) in [5, 5.41) is 10.4. The minimum atomic E-state index is -4.02. The summed E-state index contributed by atoms with van der Waals surface area (Å²) >= 11 is 0. The molecule has 5 N–H and O–H groups in total. The Morgan fingerprint density at radius 1 is 0.976 bits per heavy atom. The van der Waals surface area contributed by atoms with Gasteiger partial charge < -0.3 is 16.0 Å². The molecule has 1 heterocycles. The Morgan fingerprint density at radius 3 is 2.05 bits per heavy atom. The van der Waals surface area contributed by atoms with E-state index in [4.69, 9.17) is 11.1 Å². The van der Waals surface area contributed by atoms with Gasteiger partial charge in [-0.3, -0.25) is 15.0 Å². The van der Waals surface area contributed by atoms with Gasteiger partial charge in [0.05, 0.1) is 0 Å². The molecule has 0 aromatic heterocycles. The molecule has 0 aliphatic carbocycles. The van der Waals surface area contributed by atoms with Crippen LogP contribution in [0.3, 0.4) is 0 Å². The molecule has 0 bridgehead atoms. The lowest BCUT2D eigenvalue weighted by atomic mass is 9.84. The van der Waals surface area contributed by atoms with Crippen LogP contribution in [0, 0.1) is 5.41 Å².